The molecule has 186 valence electrons. The van der Waals surface area contributed by atoms with Gasteiger partial charge in [0, 0.05) is 17.7 Å². The second kappa shape index (κ2) is 10.9. The Labute approximate surface area is 201 Å². The predicted octanol–water partition coefficient (Wildman–Crippen LogP) is 4.04. The van der Waals surface area contributed by atoms with Gasteiger partial charge in [0.15, 0.2) is 5.78 Å². The first-order valence-corrected chi connectivity index (χ1v) is 10.9. The summed E-state index contributed by atoms with van der Waals surface area (Å²) in [5, 5.41) is 43.7. The van der Waals surface area contributed by atoms with Gasteiger partial charge in [0.05, 0.1) is 31.8 Å². The summed E-state index contributed by atoms with van der Waals surface area (Å²) in [5.41, 5.74) is -3.09. The number of benzene rings is 3. The molecule has 36 heavy (non-hydrogen) atoms. The molecule has 0 aromatic heterocycles. The van der Waals surface area contributed by atoms with Crippen LogP contribution in [0.15, 0.2) is 76.5 Å². The molecule has 3 rings (SSSR count). The molecule has 0 atom stereocenters. The molecule has 3 aromatic rings. The Morgan fingerprint density at radius 2 is 1.03 bits per heavy atom. The molecule has 0 saturated heterocycles. The molecule has 0 aliphatic rings. The van der Waals surface area contributed by atoms with Crippen LogP contribution in [0, 0.1) is 40.5 Å². The first kappa shape index (κ1) is 27.1. The topological polar surface area (TPSA) is 224 Å². The number of ketones is 1. The molecule has 0 fully saturated rings. The molecule has 0 radical (unpaired) electrons. The van der Waals surface area contributed by atoms with E-state index in [1.54, 1.807) is 6.92 Å². The van der Waals surface area contributed by atoms with Crippen molar-refractivity contribution in [2.45, 2.75) is 16.7 Å². The van der Waals surface area contributed by atoms with Crippen molar-refractivity contribution in [1.82, 2.24) is 0 Å². The molecule has 0 bridgehead atoms. The van der Waals surface area contributed by atoms with E-state index < -0.39 is 62.1 Å². The van der Waals surface area contributed by atoms with E-state index >= 15 is 0 Å². The monoisotopic (exact) mass is 518 g/mol. The lowest BCUT2D eigenvalue weighted by molar-refractivity contribution is -0.396. The van der Waals surface area contributed by atoms with Crippen molar-refractivity contribution in [2.75, 3.05) is 0 Å². The number of carbonyl (C=O) groups is 1. The number of nitrogens with zero attached hydrogens (tertiary/aromatic N) is 4. The van der Waals surface area contributed by atoms with Crippen molar-refractivity contribution >= 4 is 38.4 Å². The quantitative estimate of drug-likeness (QED) is 0.246. The largest absolute Gasteiger partial charge is 0.295 e. The fourth-order valence-corrected chi connectivity index (χ4v) is 4.32. The molecule has 0 amide bonds. The minimum Gasteiger partial charge on any atom is -0.295 e. The summed E-state index contributed by atoms with van der Waals surface area (Å²) in [5.74, 6) is 0.121. The zero-order valence-electron chi connectivity index (χ0n) is 18.0. The second-order valence-electron chi connectivity index (χ2n) is 6.76. The Balaban J connectivity index is 0.000000425. The predicted molar refractivity (Wildman–Crippen MR) is 121 cm³/mol. The van der Waals surface area contributed by atoms with Crippen LogP contribution in [0.5, 0.6) is 0 Å². The molecular formula is C20H14N4O11S. The summed E-state index contributed by atoms with van der Waals surface area (Å²) in [6, 6.07) is 12.5. The SMILES string of the molecule is CC(=O)c1ccccc1.O=[N+]([O-])c1ccc(S(=O)(=O)c2ccc([N+](=O)[O-])cc2[N+](=O)[O-])c([N+](=O)[O-])c1. The third-order valence-electron chi connectivity index (χ3n) is 4.46. The fourth-order valence-electron chi connectivity index (χ4n) is 2.77. The molecule has 0 aliphatic carbocycles. The highest BCUT2D eigenvalue weighted by Crippen LogP contribution is 2.37. The maximum absolute atomic E-state index is 12.7. The standard InChI is InChI=1S/C12H6N4O10S.C8H8O/c17-13(18)7-1-3-11(9(5-7)15(21)22)27(25,26)12-4-2-8(14(19)20)6-10(12)16(23)24;1-7(9)8-5-3-2-4-6-8/h1-6H;2-6H,1H3. The maximum atomic E-state index is 12.7. The Hall–Kier alpha value is -5.12. The highest BCUT2D eigenvalue weighted by molar-refractivity contribution is 7.91. The average Bonchev–Trinajstić information content (AvgIpc) is 2.83. The van der Waals surface area contributed by atoms with Gasteiger partial charge in [0.25, 0.3) is 22.7 Å². The lowest BCUT2D eigenvalue weighted by Gasteiger charge is -2.06. The molecular weight excluding hydrogens is 504 g/mol. The normalized spacial score (nSPS) is 10.5. The third kappa shape index (κ3) is 6.06. The van der Waals surface area contributed by atoms with Crippen LogP contribution in [-0.2, 0) is 9.84 Å². The van der Waals surface area contributed by atoms with Crippen molar-refractivity contribution < 1.29 is 32.9 Å². The summed E-state index contributed by atoms with van der Waals surface area (Å²) in [6.07, 6.45) is 0. The number of hydrogen-bond donors (Lipinski definition) is 0. The van der Waals surface area contributed by atoms with Crippen molar-refractivity contribution in [3.8, 4) is 0 Å². The van der Waals surface area contributed by atoms with E-state index in [-0.39, 0.29) is 5.78 Å². The summed E-state index contributed by atoms with van der Waals surface area (Å²) in [4.78, 5) is 47.9. The number of sulfone groups is 1. The zero-order chi connectivity index (χ0) is 27.2. The van der Waals surface area contributed by atoms with Crippen LogP contribution in [-0.4, -0.2) is 33.9 Å². The van der Waals surface area contributed by atoms with Crippen molar-refractivity contribution in [1.29, 1.82) is 0 Å². The van der Waals surface area contributed by atoms with Gasteiger partial charge in [-0.15, -0.1) is 0 Å². The molecule has 15 nitrogen and oxygen atoms in total. The van der Waals surface area contributed by atoms with Crippen LogP contribution in [0.2, 0.25) is 0 Å². The van der Waals surface area contributed by atoms with Gasteiger partial charge in [-0.05, 0) is 19.1 Å². The van der Waals surface area contributed by atoms with Gasteiger partial charge in [0.1, 0.15) is 9.79 Å². The number of hydrogen-bond acceptors (Lipinski definition) is 11. The molecule has 0 unspecified atom stereocenters. The summed E-state index contributed by atoms with van der Waals surface area (Å²) >= 11 is 0. The smallest absolute Gasteiger partial charge is 0.295 e. The van der Waals surface area contributed by atoms with Crippen LogP contribution in [0.3, 0.4) is 0 Å². The number of Topliss-reactive ketones (excluding diaryl/α,β-unsaturated/α-hetero) is 1. The van der Waals surface area contributed by atoms with Crippen molar-refractivity contribution in [3.05, 3.63) is 113 Å². The van der Waals surface area contributed by atoms with E-state index in [4.69, 9.17) is 0 Å². The van der Waals surface area contributed by atoms with Gasteiger partial charge in [-0.3, -0.25) is 45.3 Å². The van der Waals surface area contributed by atoms with Crippen LogP contribution >= 0.6 is 0 Å². The molecule has 16 heteroatoms. The first-order chi connectivity index (χ1) is 16.8. The summed E-state index contributed by atoms with van der Waals surface area (Å²) in [6.45, 7) is 1.56. The van der Waals surface area contributed by atoms with E-state index in [2.05, 4.69) is 0 Å². The van der Waals surface area contributed by atoms with Crippen molar-refractivity contribution in [2.24, 2.45) is 0 Å². The van der Waals surface area contributed by atoms with Gasteiger partial charge in [0.2, 0.25) is 9.84 Å². The first-order valence-electron chi connectivity index (χ1n) is 9.44. The van der Waals surface area contributed by atoms with Crippen LogP contribution in [0.25, 0.3) is 0 Å². The lowest BCUT2D eigenvalue weighted by Crippen LogP contribution is -2.09. The highest BCUT2D eigenvalue weighted by atomic mass is 32.2. The van der Waals surface area contributed by atoms with Gasteiger partial charge in [-0.1, -0.05) is 30.3 Å². The highest BCUT2D eigenvalue weighted by Gasteiger charge is 2.35. The van der Waals surface area contributed by atoms with E-state index in [1.807, 2.05) is 30.3 Å². The molecule has 0 heterocycles. The van der Waals surface area contributed by atoms with Crippen molar-refractivity contribution in [3.63, 3.8) is 0 Å². The lowest BCUT2D eigenvalue weighted by atomic mass is 10.2. The molecule has 0 saturated carbocycles. The molecule has 0 spiro atoms. The summed E-state index contributed by atoms with van der Waals surface area (Å²) in [7, 11) is -4.90. The summed E-state index contributed by atoms with van der Waals surface area (Å²) < 4.78 is 25.4. The number of nitro groups is 4. The second-order valence-corrected chi connectivity index (χ2v) is 8.64. The van der Waals surface area contributed by atoms with Gasteiger partial charge in [-0.2, -0.15) is 0 Å². The minimum atomic E-state index is -4.90. The molecule has 0 N–H and O–H groups in total. The average molecular weight is 518 g/mol. The maximum Gasteiger partial charge on any atom is 0.295 e. The fraction of sp³-hybridized carbons (Fsp3) is 0.0500. The number of nitro benzene ring substituents is 4. The Bertz CT molecular complexity index is 1410. The van der Waals surface area contributed by atoms with Gasteiger partial charge >= 0.3 is 0 Å². The van der Waals surface area contributed by atoms with E-state index in [9.17, 15) is 53.7 Å². The van der Waals surface area contributed by atoms with E-state index in [1.165, 1.54) is 0 Å². The van der Waals surface area contributed by atoms with Gasteiger partial charge in [-0.25, -0.2) is 8.42 Å². The molecule has 3 aromatic carbocycles. The third-order valence-corrected chi connectivity index (χ3v) is 6.31. The van der Waals surface area contributed by atoms with Gasteiger partial charge < -0.3 is 0 Å². The van der Waals surface area contributed by atoms with Crippen LogP contribution in [0.1, 0.15) is 17.3 Å². The van der Waals surface area contributed by atoms with E-state index in [0.717, 1.165) is 5.56 Å². The Morgan fingerprint density at radius 1 is 0.639 bits per heavy atom. The van der Waals surface area contributed by atoms with Crippen LogP contribution in [0.4, 0.5) is 22.7 Å². The zero-order valence-corrected chi connectivity index (χ0v) is 18.9. The minimum absolute atomic E-state index is 0.121. The van der Waals surface area contributed by atoms with E-state index in [0.29, 0.717) is 36.4 Å². The number of non-ortho nitro benzene ring substituents is 2. The molecule has 0 aliphatic heterocycles. The number of rotatable bonds is 7. The Kier molecular flexibility index (Phi) is 8.19. The Morgan fingerprint density at radius 3 is 1.31 bits per heavy atom. The number of carbonyl (C=O) groups excluding carboxylic acids is 1. The van der Waals surface area contributed by atoms with Crippen LogP contribution < -0.4 is 0 Å².